The molecule has 2 heterocycles. The van der Waals surface area contributed by atoms with Crippen LogP contribution < -0.4 is 15.4 Å². The van der Waals surface area contributed by atoms with Crippen LogP contribution in [0.2, 0.25) is 0 Å². The number of benzene rings is 1. The van der Waals surface area contributed by atoms with Crippen LogP contribution in [-0.2, 0) is 11.8 Å². The molecule has 1 aliphatic carbocycles. The summed E-state index contributed by atoms with van der Waals surface area (Å²) >= 11 is 0. The molecule has 2 aromatic heterocycles. The van der Waals surface area contributed by atoms with Crippen molar-refractivity contribution in [2.24, 2.45) is 7.05 Å². The summed E-state index contributed by atoms with van der Waals surface area (Å²) < 4.78 is 7.32. The standard InChI is InChI=1S/C23H25N7O2/c1-4-20(31)26-17-8-9-19-18(11-17)28-21(30(19)2)14-6-5-7-16(10-14)27-23-25-13-15(12-24)22(29-23)32-3/h4,8-9,11,13-14,16H,1,5-7,10H2,2-3H3,(H,26,31)(H,25,27,29)/t14-,16+/m0/s1. The quantitative estimate of drug-likeness (QED) is 0.574. The maximum atomic E-state index is 11.6. The van der Waals surface area contributed by atoms with E-state index in [4.69, 9.17) is 15.0 Å². The molecule has 9 nitrogen and oxygen atoms in total. The van der Waals surface area contributed by atoms with Gasteiger partial charge < -0.3 is 19.9 Å². The van der Waals surface area contributed by atoms with Crippen LogP contribution in [0, 0.1) is 11.3 Å². The van der Waals surface area contributed by atoms with Crippen molar-refractivity contribution in [3.05, 3.63) is 48.4 Å². The number of carbonyl (C=O) groups excluding carboxylic acids is 1. The van der Waals surface area contributed by atoms with Crippen LogP contribution in [0.3, 0.4) is 0 Å². The Hall–Kier alpha value is -3.93. The zero-order valence-electron chi connectivity index (χ0n) is 18.1. The Morgan fingerprint density at radius 2 is 2.22 bits per heavy atom. The number of nitrogens with zero attached hydrogens (tertiary/aromatic N) is 5. The number of nitrogens with one attached hydrogen (secondary N) is 2. The summed E-state index contributed by atoms with van der Waals surface area (Å²) in [5.41, 5.74) is 2.87. The molecule has 3 aromatic rings. The lowest BCUT2D eigenvalue weighted by Crippen LogP contribution is -2.28. The van der Waals surface area contributed by atoms with Gasteiger partial charge in [0, 0.05) is 24.7 Å². The number of aromatic nitrogens is 4. The minimum atomic E-state index is -0.247. The topological polar surface area (TPSA) is 118 Å². The van der Waals surface area contributed by atoms with Gasteiger partial charge in [-0.25, -0.2) is 9.97 Å². The average Bonchev–Trinajstić information content (AvgIpc) is 3.14. The monoisotopic (exact) mass is 431 g/mol. The van der Waals surface area contributed by atoms with Crippen LogP contribution in [0.15, 0.2) is 37.1 Å². The molecule has 0 bridgehead atoms. The molecule has 164 valence electrons. The van der Waals surface area contributed by atoms with Crippen molar-refractivity contribution in [2.75, 3.05) is 17.7 Å². The average molecular weight is 432 g/mol. The van der Waals surface area contributed by atoms with Gasteiger partial charge in [-0.05, 0) is 43.5 Å². The number of hydrogen-bond donors (Lipinski definition) is 2. The van der Waals surface area contributed by atoms with E-state index in [0.29, 0.717) is 17.2 Å². The van der Waals surface area contributed by atoms with Crippen molar-refractivity contribution in [3.63, 3.8) is 0 Å². The van der Waals surface area contributed by atoms with Gasteiger partial charge in [0.1, 0.15) is 17.5 Å². The second-order valence-electron chi connectivity index (χ2n) is 7.86. The molecule has 0 spiro atoms. The van der Waals surface area contributed by atoms with Crippen molar-refractivity contribution in [1.29, 1.82) is 5.26 Å². The Labute approximate surface area is 186 Å². The van der Waals surface area contributed by atoms with Crippen LogP contribution in [-0.4, -0.2) is 38.6 Å². The van der Waals surface area contributed by atoms with Gasteiger partial charge in [0.2, 0.25) is 17.7 Å². The molecule has 1 aromatic carbocycles. The van der Waals surface area contributed by atoms with Gasteiger partial charge in [0.15, 0.2) is 0 Å². The Morgan fingerprint density at radius 3 is 2.97 bits per heavy atom. The van der Waals surface area contributed by atoms with Crippen molar-refractivity contribution in [1.82, 2.24) is 19.5 Å². The summed E-state index contributed by atoms with van der Waals surface area (Å²) in [6, 6.07) is 7.94. The van der Waals surface area contributed by atoms with Crippen molar-refractivity contribution < 1.29 is 9.53 Å². The number of anilines is 2. The third-order valence-electron chi connectivity index (χ3n) is 5.81. The highest BCUT2D eigenvalue weighted by Gasteiger charge is 2.27. The number of fused-ring (bicyclic) bond motifs is 1. The largest absolute Gasteiger partial charge is 0.480 e. The molecule has 1 aliphatic rings. The molecule has 0 aliphatic heterocycles. The van der Waals surface area contributed by atoms with Gasteiger partial charge in [-0.2, -0.15) is 10.2 Å². The minimum Gasteiger partial charge on any atom is -0.480 e. The van der Waals surface area contributed by atoms with Gasteiger partial charge in [-0.1, -0.05) is 13.0 Å². The van der Waals surface area contributed by atoms with Crippen LogP contribution in [0.4, 0.5) is 11.6 Å². The van der Waals surface area contributed by atoms with Crippen LogP contribution in [0.1, 0.15) is 43.0 Å². The van der Waals surface area contributed by atoms with E-state index in [0.717, 1.165) is 42.5 Å². The number of imidazole rings is 1. The molecule has 9 heteroatoms. The van der Waals surface area contributed by atoms with E-state index < -0.39 is 0 Å². The Morgan fingerprint density at radius 1 is 1.38 bits per heavy atom. The second-order valence-corrected chi connectivity index (χ2v) is 7.86. The fourth-order valence-corrected chi connectivity index (χ4v) is 4.26. The number of ether oxygens (including phenoxy) is 1. The van der Waals surface area contributed by atoms with Gasteiger partial charge >= 0.3 is 0 Å². The maximum absolute atomic E-state index is 11.6. The highest BCUT2D eigenvalue weighted by atomic mass is 16.5. The van der Waals surface area contributed by atoms with Gasteiger partial charge in [0.05, 0.1) is 24.3 Å². The molecule has 1 amide bonds. The van der Waals surface area contributed by atoms with E-state index in [2.05, 4.69) is 31.7 Å². The van der Waals surface area contributed by atoms with Crippen LogP contribution in [0.5, 0.6) is 5.88 Å². The van der Waals surface area contributed by atoms with Crippen molar-refractivity contribution in [3.8, 4) is 11.9 Å². The minimum absolute atomic E-state index is 0.189. The highest BCUT2D eigenvalue weighted by molar-refractivity contribution is 6.00. The maximum Gasteiger partial charge on any atom is 0.247 e. The SMILES string of the molecule is C=CC(=O)Nc1ccc2c(c1)nc([C@H]1CCC[C@@H](Nc3ncc(C#N)c(OC)n3)C1)n2C. The summed E-state index contributed by atoms with van der Waals surface area (Å²) in [5, 5.41) is 15.3. The molecule has 0 saturated heterocycles. The summed E-state index contributed by atoms with van der Waals surface area (Å²) in [6.45, 7) is 3.49. The summed E-state index contributed by atoms with van der Waals surface area (Å²) in [5.74, 6) is 1.79. The molecule has 1 fully saturated rings. The fourth-order valence-electron chi connectivity index (χ4n) is 4.26. The Bertz CT molecular complexity index is 1210. The van der Waals surface area contributed by atoms with Crippen LogP contribution >= 0.6 is 0 Å². The van der Waals surface area contributed by atoms with E-state index >= 15 is 0 Å². The predicted molar refractivity (Wildman–Crippen MR) is 121 cm³/mol. The lowest BCUT2D eigenvalue weighted by molar-refractivity contribution is -0.111. The number of hydrogen-bond acceptors (Lipinski definition) is 7. The molecule has 1 saturated carbocycles. The molecule has 32 heavy (non-hydrogen) atoms. The van der Waals surface area contributed by atoms with Gasteiger partial charge in [-0.3, -0.25) is 4.79 Å². The van der Waals surface area contributed by atoms with E-state index in [1.54, 1.807) is 0 Å². The van der Waals surface area contributed by atoms with Gasteiger partial charge in [-0.15, -0.1) is 0 Å². The smallest absolute Gasteiger partial charge is 0.247 e. The second kappa shape index (κ2) is 9.06. The molecular weight excluding hydrogens is 406 g/mol. The summed E-state index contributed by atoms with van der Waals surface area (Å²) in [7, 11) is 3.52. The number of nitriles is 1. The first-order valence-electron chi connectivity index (χ1n) is 10.5. The third kappa shape index (κ3) is 4.25. The number of methoxy groups -OCH3 is 1. The molecule has 4 rings (SSSR count). The van der Waals surface area contributed by atoms with Crippen molar-refractivity contribution in [2.45, 2.75) is 37.6 Å². The molecule has 2 N–H and O–H groups in total. The molecular formula is C23H25N7O2. The van der Waals surface area contributed by atoms with Crippen LogP contribution in [0.25, 0.3) is 11.0 Å². The molecule has 2 atom stereocenters. The number of rotatable bonds is 6. The first kappa shape index (κ1) is 21.3. The molecule has 0 radical (unpaired) electrons. The predicted octanol–water partition coefficient (Wildman–Crippen LogP) is 3.51. The molecule has 0 unspecified atom stereocenters. The lowest BCUT2D eigenvalue weighted by atomic mass is 9.85. The zero-order chi connectivity index (χ0) is 22.7. The first-order valence-corrected chi connectivity index (χ1v) is 10.5. The van der Waals surface area contributed by atoms with E-state index in [9.17, 15) is 4.79 Å². The lowest BCUT2D eigenvalue weighted by Gasteiger charge is -2.29. The van der Waals surface area contributed by atoms with Crippen molar-refractivity contribution >= 4 is 28.6 Å². The zero-order valence-corrected chi connectivity index (χ0v) is 18.1. The normalized spacial score (nSPS) is 18.0. The highest BCUT2D eigenvalue weighted by Crippen LogP contribution is 2.35. The van der Waals surface area contributed by atoms with Gasteiger partial charge in [0.25, 0.3) is 0 Å². The summed E-state index contributed by atoms with van der Waals surface area (Å²) in [6.07, 6.45) is 6.72. The number of carbonyl (C=O) groups is 1. The van der Waals surface area contributed by atoms with E-state index in [1.807, 2.05) is 31.3 Å². The number of amides is 1. The Kier molecular flexibility index (Phi) is 6.03. The third-order valence-corrected chi connectivity index (χ3v) is 5.81. The van der Waals surface area contributed by atoms with E-state index in [-0.39, 0.29) is 23.7 Å². The number of aryl methyl sites for hydroxylation is 1. The first-order chi connectivity index (χ1) is 15.5. The van der Waals surface area contributed by atoms with E-state index in [1.165, 1.54) is 19.4 Å². The summed E-state index contributed by atoms with van der Waals surface area (Å²) in [4.78, 5) is 25.1. The Balaban J connectivity index is 1.53. The fraction of sp³-hybridized carbons (Fsp3) is 0.348.